The Morgan fingerprint density at radius 3 is 2.69 bits per heavy atom. The van der Waals surface area contributed by atoms with E-state index in [1.165, 1.54) is 0 Å². The van der Waals surface area contributed by atoms with E-state index in [9.17, 15) is 4.79 Å². The van der Waals surface area contributed by atoms with Crippen molar-refractivity contribution < 1.29 is 9.53 Å². The first-order chi connectivity index (χ1) is 7.77. The van der Waals surface area contributed by atoms with Gasteiger partial charge in [-0.2, -0.15) is 0 Å². The molecule has 1 amide bonds. The molecule has 0 aliphatic carbocycles. The highest BCUT2D eigenvalue weighted by molar-refractivity contribution is 5.68. The zero-order valence-corrected chi connectivity index (χ0v) is 9.77. The van der Waals surface area contributed by atoms with Gasteiger partial charge in [0.15, 0.2) is 0 Å². The predicted octanol–water partition coefficient (Wildman–Crippen LogP) is 3.44. The van der Waals surface area contributed by atoms with E-state index in [0.29, 0.717) is 0 Å². The van der Waals surface area contributed by atoms with Gasteiger partial charge in [0.1, 0.15) is 6.10 Å². The first-order valence-corrected chi connectivity index (χ1v) is 5.57. The zero-order valence-electron chi connectivity index (χ0n) is 9.77. The molecule has 0 aromatic heterocycles. The summed E-state index contributed by atoms with van der Waals surface area (Å²) in [5, 5.41) is 2.52. The molecule has 3 nitrogen and oxygen atoms in total. The molecule has 1 unspecified atom stereocenters. The predicted molar refractivity (Wildman–Crippen MR) is 63.7 cm³/mol. The van der Waals surface area contributed by atoms with Crippen molar-refractivity contribution in [3.8, 4) is 0 Å². The molecule has 3 heteroatoms. The van der Waals surface area contributed by atoms with Gasteiger partial charge >= 0.3 is 6.09 Å². The van der Waals surface area contributed by atoms with Gasteiger partial charge in [0.05, 0.1) is 0 Å². The third-order valence-corrected chi connectivity index (χ3v) is 2.23. The number of hydrogen-bond donors (Lipinski definition) is 1. The quantitative estimate of drug-likeness (QED) is 0.825. The lowest BCUT2D eigenvalue weighted by Gasteiger charge is -2.17. The maximum absolute atomic E-state index is 11.3. The monoisotopic (exact) mass is 220 g/mol. The summed E-state index contributed by atoms with van der Waals surface area (Å²) in [6, 6.07) is 9.80. The van der Waals surface area contributed by atoms with Crippen LogP contribution in [0.15, 0.2) is 30.3 Å². The van der Waals surface area contributed by atoms with Crippen LogP contribution >= 0.6 is 0 Å². The highest BCUT2D eigenvalue weighted by Gasteiger charge is 2.14. The van der Waals surface area contributed by atoms with E-state index in [1.807, 2.05) is 30.3 Å². The largest absolute Gasteiger partial charge is 0.441 e. The Morgan fingerprint density at radius 1 is 1.44 bits per heavy atom. The number of ether oxygens (including phenoxy) is 1. The molecule has 0 heterocycles. The van der Waals surface area contributed by atoms with Crippen LogP contribution in [-0.2, 0) is 4.74 Å². The van der Waals surface area contributed by atoms with Crippen molar-refractivity contribution in [2.24, 2.45) is 0 Å². The fourth-order valence-corrected chi connectivity index (χ4v) is 1.50. The standard InChI is InChI=1S/C13H18NO2/c1-3-8-12(16-13(15)14-4-2)11-9-6-5-7-10-11/h4-7,9-10,12H,3,8H2,1-2H3,(H,14,15). The maximum atomic E-state index is 11.3. The second kappa shape index (κ2) is 6.88. The van der Waals surface area contributed by atoms with Crippen LogP contribution in [0.2, 0.25) is 0 Å². The molecule has 0 bridgehead atoms. The average Bonchev–Trinajstić information content (AvgIpc) is 2.30. The number of amides is 1. The van der Waals surface area contributed by atoms with Gasteiger partial charge in [-0.1, -0.05) is 43.7 Å². The van der Waals surface area contributed by atoms with Crippen molar-refractivity contribution >= 4 is 6.09 Å². The molecule has 1 N–H and O–H groups in total. The smallest absolute Gasteiger partial charge is 0.408 e. The lowest BCUT2D eigenvalue weighted by Crippen LogP contribution is -2.22. The fourth-order valence-electron chi connectivity index (χ4n) is 1.50. The summed E-state index contributed by atoms with van der Waals surface area (Å²) in [6.45, 7) is 5.39. The minimum Gasteiger partial charge on any atom is -0.441 e. The lowest BCUT2D eigenvalue weighted by molar-refractivity contribution is 0.0940. The van der Waals surface area contributed by atoms with Crippen LogP contribution in [0.4, 0.5) is 4.79 Å². The molecule has 0 saturated carbocycles. The normalized spacial score (nSPS) is 11.9. The highest BCUT2D eigenvalue weighted by Crippen LogP contribution is 2.22. The van der Waals surface area contributed by atoms with E-state index in [0.717, 1.165) is 18.4 Å². The molecule has 1 aromatic carbocycles. The van der Waals surface area contributed by atoms with Gasteiger partial charge in [-0.05, 0) is 18.9 Å². The van der Waals surface area contributed by atoms with Gasteiger partial charge in [0, 0.05) is 6.54 Å². The summed E-state index contributed by atoms with van der Waals surface area (Å²) < 4.78 is 5.34. The molecule has 87 valence electrons. The number of benzene rings is 1. The number of alkyl carbamates (subject to hydrolysis) is 1. The van der Waals surface area contributed by atoms with Crippen LogP contribution in [0.25, 0.3) is 0 Å². The molecule has 1 rings (SSSR count). The van der Waals surface area contributed by atoms with Crippen molar-refractivity contribution in [1.29, 1.82) is 0 Å². The van der Waals surface area contributed by atoms with Crippen molar-refractivity contribution in [1.82, 2.24) is 5.32 Å². The Balaban J connectivity index is 2.64. The lowest BCUT2D eigenvalue weighted by atomic mass is 10.1. The van der Waals surface area contributed by atoms with Crippen LogP contribution in [0, 0.1) is 6.54 Å². The Hall–Kier alpha value is -1.51. The van der Waals surface area contributed by atoms with E-state index in [-0.39, 0.29) is 6.10 Å². The molecule has 0 saturated heterocycles. The molecular weight excluding hydrogens is 202 g/mol. The number of rotatable bonds is 5. The summed E-state index contributed by atoms with van der Waals surface area (Å²) in [7, 11) is 0. The van der Waals surface area contributed by atoms with Gasteiger partial charge < -0.3 is 10.1 Å². The molecule has 0 aliphatic rings. The molecular formula is C13H18NO2. The van der Waals surface area contributed by atoms with Crippen molar-refractivity contribution in [2.75, 3.05) is 0 Å². The maximum Gasteiger partial charge on any atom is 0.408 e. The zero-order chi connectivity index (χ0) is 11.8. The molecule has 0 fully saturated rings. The SMILES string of the molecule is C[CH]NC(=O)OC(CCC)c1ccccc1. The summed E-state index contributed by atoms with van der Waals surface area (Å²) in [5.74, 6) is 0. The Bertz CT molecular complexity index is 311. The molecule has 1 atom stereocenters. The average molecular weight is 220 g/mol. The Morgan fingerprint density at radius 2 is 2.12 bits per heavy atom. The fraction of sp³-hybridized carbons (Fsp3) is 0.385. The number of carbonyl (C=O) groups is 1. The van der Waals surface area contributed by atoms with Crippen molar-refractivity contribution in [3.05, 3.63) is 42.4 Å². The first-order valence-electron chi connectivity index (χ1n) is 5.57. The first kappa shape index (κ1) is 12.6. The van der Waals surface area contributed by atoms with Gasteiger partial charge in [0.2, 0.25) is 0 Å². The molecule has 1 aromatic rings. The molecule has 1 radical (unpaired) electrons. The summed E-state index contributed by atoms with van der Waals surface area (Å²) >= 11 is 0. The van der Waals surface area contributed by atoms with Crippen LogP contribution < -0.4 is 5.32 Å². The number of carbonyl (C=O) groups excluding carboxylic acids is 1. The van der Waals surface area contributed by atoms with Gasteiger partial charge in [-0.25, -0.2) is 4.79 Å². The Labute approximate surface area is 96.8 Å². The minimum absolute atomic E-state index is 0.161. The van der Waals surface area contributed by atoms with E-state index in [4.69, 9.17) is 4.74 Å². The topological polar surface area (TPSA) is 38.3 Å². The molecule has 0 aliphatic heterocycles. The third-order valence-electron chi connectivity index (χ3n) is 2.23. The molecule has 0 spiro atoms. The number of hydrogen-bond acceptors (Lipinski definition) is 2. The molecule has 16 heavy (non-hydrogen) atoms. The van der Waals surface area contributed by atoms with Crippen LogP contribution in [0.5, 0.6) is 0 Å². The van der Waals surface area contributed by atoms with Crippen LogP contribution in [0.3, 0.4) is 0 Å². The van der Waals surface area contributed by atoms with Gasteiger partial charge in [-0.15, -0.1) is 0 Å². The Kier molecular flexibility index (Phi) is 5.40. The second-order valence-corrected chi connectivity index (χ2v) is 3.53. The van der Waals surface area contributed by atoms with E-state index in [2.05, 4.69) is 12.2 Å². The van der Waals surface area contributed by atoms with E-state index < -0.39 is 6.09 Å². The highest BCUT2D eigenvalue weighted by atomic mass is 16.6. The van der Waals surface area contributed by atoms with Crippen LogP contribution in [0.1, 0.15) is 38.4 Å². The minimum atomic E-state index is -0.398. The van der Waals surface area contributed by atoms with Gasteiger partial charge in [0.25, 0.3) is 0 Å². The van der Waals surface area contributed by atoms with Gasteiger partial charge in [-0.3, -0.25) is 0 Å². The van der Waals surface area contributed by atoms with Crippen molar-refractivity contribution in [2.45, 2.75) is 32.8 Å². The van der Waals surface area contributed by atoms with E-state index in [1.54, 1.807) is 13.5 Å². The third kappa shape index (κ3) is 3.93. The van der Waals surface area contributed by atoms with E-state index >= 15 is 0 Å². The van der Waals surface area contributed by atoms with Crippen LogP contribution in [-0.4, -0.2) is 6.09 Å². The summed E-state index contributed by atoms with van der Waals surface area (Å²) in [4.78, 5) is 11.3. The summed E-state index contributed by atoms with van der Waals surface area (Å²) in [5.41, 5.74) is 1.04. The number of nitrogens with one attached hydrogen (secondary N) is 1. The second-order valence-electron chi connectivity index (χ2n) is 3.53. The van der Waals surface area contributed by atoms with Crippen molar-refractivity contribution in [3.63, 3.8) is 0 Å². The summed E-state index contributed by atoms with van der Waals surface area (Å²) in [6.07, 6.45) is 1.25.